The maximum atomic E-state index is 5.50. The van der Waals surface area contributed by atoms with Gasteiger partial charge in [0, 0.05) is 0 Å². The fourth-order valence-corrected chi connectivity index (χ4v) is 1.37. The molecule has 2 fully saturated rings. The van der Waals surface area contributed by atoms with Crippen LogP contribution in [0.5, 0.6) is 0 Å². The number of hydrogen-bond acceptors (Lipinski definition) is 6. The SMILES string of the molecule is CC(CO[B]OCC(C)OCC1CO1)OCC1CO1. The second-order valence-corrected chi connectivity index (χ2v) is 4.96. The Kier molecular flexibility index (Phi) is 6.56. The molecule has 4 unspecified atom stereocenters. The maximum Gasteiger partial charge on any atom is 0.488 e. The summed E-state index contributed by atoms with van der Waals surface area (Å²) >= 11 is 0. The number of rotatable bonds is 12. The molecule has 0 bridgehead atoms. The van der Waals surface area contributed by atoms with Gasteiger partial charge in [0.1, 0.15) is 12.2 Å². The average Bonchev–Trinajstić information content (AvgIpc) is 3.28. The minimum atomic E-state index is 0.0322. The molecule has 1 radical (unpaired) electrons. The second-order valence-electron chi connectivity index (χ2n) is 4.96. The van der Waals surface area contributed by atoms with Crippen LogP contribution in [0.3, 0.4) is 0 Å². The Hall–Kier alpha value is -0.175. The van der Waals surface area contributed by atoms with Crippen molar-refractivity contribution >= 4 is 7.69 Å². The van der Waals surface area contributed by atoms with Crippen molar-refractivity contribution in [1.82, 2.24) is 0 Å². The van der Waals surface area contributed by atoms with Crippen LogP contribution in [0.15, 0.2) is 0 Å². The van der Waals surface area contributed by atoms with E-state index in [0.29, 0.717) is 26.4 Å². The molecule has 2 saturated heterocycles. The Morgan fingerprint density at radius 1 is 0.947 bits per heavy atom. The van der Waals surface area contributed by atoms with Crippen LogP contribution in [0.1, 0.15) is 13.8 Å². The van der Waals surface area contributed by atoms with Crippen molar-refractivity contribution in [2.75, 3.05) is 39.6 Å². The molecular formula is C12H22BO6. The van der Waals surface area contributed by atoms with E-state index in [4.69, 9.17) is 28.3 Å². The van der Waals surface area contributed by atoms with Gasteiger partial charge >= 0.3 is 7.69 Å². The lowest BCUT2D eigenvalue weighted by molar-refractivity contribution is 0.00558. The molecule has 109 valence electrons. The summed E-state index contributed by atoms with van der Waals surface area (Å²) in [5.41, 5.74) is 0. The Morgan fingerprint density at radius 2 is 1.37 bits per heavy atom. The van der Waals surface area contributed by atoms with Gasteiger partial charge < -0.3 is 28.3 Å². The van der Waals surface area contributed by atoms with Crippen LogP contribution in [0, 0.1) is 0 Å². The topological polar surface area (TPSA) is 62.0 Å². The van der Waals surface area contributed by atoms with E-state index < -0.39 is 0 Å². The van der Waals surface area contributed by atoms with Crippen molar-refractivity contribution in [2.24, 2.45) is 0 Å². The van der Waals surface area contributed by atoms with E-state index >= 15 is 0 Å². The van der Waals surface area contributed by atoms with E-state index in [0.717, 1.165) is 13.2 Å². The zero-order valence-electron chi connectivity index (χ0n) is 11.6. The summed E-state index contributed by atoms with van der Waals surface area (Å²) < 4.78 is 31.6. The minimum Gasteiger partial charge on any atom is -0.411 e. The molecule has 0 N–H and O–H groups in total. The van der Waals surface area contributed by atoms with Gasteiger partial charge in [-0.15, -0.1) is 0 Å². The highest BCUT2D eigenvalue weighted by atomic mass is 16.6. The lowest BCUT2D eigenvalue weighted by atomic mass is 10.3. The van der Waals surface area contributed by atoms with E-state index in [-0.39, 0.29) is 24.4 Å². The third-order valence-corrected chi connectivity index (χ3v) is 2.74. The molecule has 0 aliphatic carbocycles. The number of hydrogen-bond donors (Lipinski definition) is 0. The van der Waals surface area contributed by atoms with Crippen LogP contribution in [0.25, 0.3) is 0 Å². The first-order chi connectivity index (χ1) is 9.24. The highest BCUT2D eigenvalue weighted by molar-refractivity contribution is 6.17. The standard InChI is InChI=1S/C12H22BO6/c1-9(14-5-11-7-16-11)3-18-13-19-4-10(2)15-6-12-8-17-12/h9-12H,3-8H2,1-2H3. The molecule has 2 rings (SSSR count). The van der Waals surface area contributed by atoms with Crippen molar-refractivity contribution in [3.8, 4) is 0 Å². The summed E-state index contributed by atoms with van der Waals surface area (Å²) in [5.74, 6) is 0. The van der Waals surface area contributed by atoms with Gasteiger partial charge in [-0.3, -0.25) is 0 Å². The largest absolute Gasteiger partial charge is 0.488 e. The second kappa shape index (κ2) is 8.19. The summed E-state index contributed by atoms with van der Waals surface area (Å²) in [6, 6.07) is 0. The molecule has 2 heterocycles. The maximum absolute atomic E-state index is 5.50. The molecule has 0 saturated carbocycles. The van der Waals surface area contributed by atoms with Gasteiger partial charge in [-0.1, -0.05) is 0 Å². The van der Waals surface area contributed by atoms with Crippen LogP contribution in [0.2, 0.25) is 0 Å². The predicted octanol–water partition coefficient (Wildman–Crippen LogP) is 0.162. The zero-order valence-corrected chi connectivity index (χ0v) is 11.6. The van der Waals surface area contributed by atoms with E-state index in [1.165, 1.54) is 7.69 Å². The molecule has 2 aliphatic rings. The summed E-state index contributed by atoms with van der Waals surface area (Å²) in [7, 11) is 1.35. The quantitative estimate of drug-likeness (QED) is 0.287. The van der Waals surface area contributed by atoms with Crippen LogP contribution >= 0.6 is 0 Å². The van der Waals surface area contributed by atoms with Crippen molar-refractivity contribution in [1.29, 1.82) is 0 Å². The Labute approximate surface area is 114 Å². The third kappa shape index (κ3) is 7.86. The fraction of sp³-hybridized carbons (Fsp3) is 1.00. The van der Waals surface area contributed by atoms with E-state index in [1.54, 1.807) is 0 Å². The lowest BCUT2D eigenvalue weighted by Gasteiger charge is -2.14. The van der Waals surface area contributed by atoms with Crippen LogP contribution < -0.4 is 0 Å². The first-order valence-electron chi connectivity index (χ1n) is 6.75. The lowest BCUT2D eigenvalue weighted by Crippen LogP contribution is -2.23. The molecule has 0 aromatic carbocycles. The van der Waals surface area contributed by atoms with Crippen molar-refractivity contribution in [2.45, 2.75) is 38.3 Å². The minimum absolute atomic E-state index is 0.0322. The van der Waals surface area contributed by atoms with E-state index in [2.05, 4.69) is 0 Å². The molecule has 4 atom stereocenters. The third-order valence-electron chi connectivity index (χ3n) is 2.74. The molecule has 0 amide bonds. The fourth-order valence-electron chi connectivity index (χ4n) is 1.37. The number of ether oxygens (including phenoxy) is 4. The highest BCUT2D eigenvalue weighted by Gasteiger charge is 2.24. The van der Waals surface area contributed by atoms with Crippen LogP contribution in [-0.2, 0) is 28.3 Å². The van der Waals surface area contributed by atoms with Crippen molar-refractivity contribution in [3.05, 3.63) is 0 Å². The summed E-state index contributed by atoms with van der Waals surface area (Å²) in [6.07, 6.45) is 0.640. The summed E-state index contributed by atoms with van der Waals surface area (Å²) in [6.45, 7) is 7.75. The molecular weight excluding hydrogens is 251 g/mol. The molecule has 0 aromatic rings. The molecule has 0 aromatic heterocycles. The molecule has 7 heteroatoms. The molecule has 6 nitrogen and oxygen atoms in total. The average molecular weight is 273 g/mol. The van der Waals surface area contributed by atoms with E-state index in [9.17, 15) is 0 Å². The van der Waals surface area contributed by atoms with Crippen molar-refractivity contribution in [3.63, 3.8) is 0 Å². The predicted molar refractivity (Wildman–Crippen MR) is 68.0 cm³/mol. The molecule has 19 heavy (non-hydrogen) atoms. The normalized spacial score (nSPS) is 27.9. The monoisotopic (exact) mass is 273 g/mol. The van der Waals surface area contributed by atoms with Crippen molar-refractivity contribution < 1.29 is 28.3 Å². The van der Waals surface area contributed by atoms with Gasteiger partial charge in [-0.25, -0.2) is 0 Å². The highest BCUT2D eigenvalue weighted by Crippen LogP contribution is 2.10. The Morgan fingerprint density at radius 3 is 1.74 bits per heavy atom. The molecule has 0 spiro atoms. The molecule has 2 aliphatic heterocycles. The van der Waals surface area contributed by atoms with Gasteiger partial charge in [0.25, 0.3) is 0 Å². The first kappa shape index (κ1) is 15.2. The van der Waals surface area contributed by atoms with Gasteiger partial charge in [0.05, 0.1) is 51.8 Å². The Bertz CT molecular complexity index is 222. The first-order valence-corrected chi connectivity index (χ1v) is 6.75. The summed E-state index contributed by atoms with van der Waals surface area (Å²) in [5, 5.41) is 0. The van der Waals surface area contributed by atoms with Gasteiger partial charge in [-0.05, 0) is 13.8 Å². The zero-order chi connectivity index (χ0) is 13.5. The van der Waals surface area contributed by atoms with Gasteiger partial charge in [0.15, 0.2) is 0 Å². The van der Waals surface area contributed by atoms with Gasteiger partial charge in [0.2, 0.25) is 0 Å². The smallest absolute Gasteiger partial charge is 0.411 e. The Balaban J connectivity index is 1.34. The number of epoxide rings is 2. The summed E-state index contributed by atoms with van der Waals surface area (Å²) in [4.78, 5) is 0. The van der Waals surface area contributed by atoms with E-state index in [1.807, 2.05) is 13.8 Å². The van der Waals surface area contributed by atoms with Crippen LogP contribution in [-0.4, -0.2) is 71.7 Å². The van der Waals surface area contributed by atoms with Gasteiger partial charge in [-0.2, -0.15) is 0 Å². The van der Waals surface area contributed by atoms with Crippen LogP contribution in [0.4, 0.5) is 0 Å².